The van der Waals surface area contributed by atoms with Crippen molar-refractivity contribution >= 4 is 5.97 Å². The van der Waals surface area contributed by atoms with Crippen molar-refractivity contribution in [3.63, 3.8) is 0 Å². The molecule has 62 valence electrons. The number of hydrogen-bond donors (Lipinski definition) is 2. The SMILES string of the molecule is O=C(O)[C@@H]1NC[C@H]2CCC[C@H]21. The van der Waals surface area contributed by atoms with Gasteiger partial charge in [0.05, 0.1) is 0 Å². The standard InChI is InChI=1S/C8H13NO2/c10-8(11)7-6-3-1-2-5(6)4-9-7/h5-7,9H,1-4H2,(H,10,11)/t5-,6-,7-/m1/s1. The molecule has 2 fully saturated rings. The van der Waals surface area contributed by atoms with Crippen LogP contribution in [0.15, 0.2) is 0 Å². The Morgan fingerprint density at radius 2 is 2.27 bits per heavy atom. The van der Waals surface area contributed by atoms with Gasteiger partial charge in [-0.25, -0.2) is 0 Å². The molecule has 0 amide bonds. The summed E-state index contributed by atoms with van der Waals surface area (Å²) in [7, 11) is 0. The van der Waals surface area contributed by atoms with Crippen LogP contribution in [0.4, 0.5) is 0 Å². The van der Waals surface area contributed by atoms with Crippen molar-refractivity contribution in [2.24, 2.45) is 11.8 Å². The molecule has 1 saturated heterocycles. The zero-order chi connectivity index (χ0) is 7.84. The van der Waals surface area contributed by atoms with Crippen LogP contribution in [0.25, 0.3) is 0 Å². The van der Waals surface area contributed by atoms with Crippen LogP contribution in [-0.2, 0) is 4.79 Å². The molecule has 0 spiro atoms. The first-order chi connectivity index (χ1) is 5.29. The van der Waals surface area contributed by atoms with Gasteiger partial charge in [0.15, 0.2) is 0 Å². The number of hydrogen-bond acceptors (Lipinski definition) is 2. The molecule has 0 aromatic rings. The van der Waals surface area contributed by atoms with Gasteiger partial charge in [0, 0.05) is 0 Å². The Balaban J connectivity index is 2.08. The van der Waals surface area contributed by atoms with Crippen molar-refractivity contribution in [3.05, 3.63) is 0 Å². The van der Waals surface area contributed by atoms with Crippen LogP contribution >= 0.6 is 0 Å². The van der Waals surface area contributed by atoms with Crippen molar-refractivity contribution in [1.29, 1.82) is 0 Å². The molecular weight excluding hydrogens is 142 g/mol. The van der Waals surface area contributed by atoms with E-state index in [2.05, 4.69) is 5.32 Å². The highest BCUT2D eigenvalue weighted by molar-refractivity contribution is 5.74. The summed E-state index contributed by atoms with van der Waals surface area (Å²) in [4.78, 5) is 10.7. The van der Waals surface area contributed by atoms with Crippen LogP contribution in [0.2, 0.25) is 0 Å². The number of carboxylic acids is 1. The highest BCUT2D eigenvalue weighted by Gasteiger charge is 2.42. The molecule has 1 saturated carbocycles. The van der Waals surface area contributed by atoms with Crippen LogP contribution in [-0.4, -0.2) is 23.7 Å². The predicted molar refractivity (Wildman–Crippen MR) is 40.3 cm³/mol. The van der Waals surface area contributed by atoms with Crippen LogP contribution in [0, 0.1) is 11.8 Å². The van der Waals surface area contributed by atoms with Gasteiger partial charge in [-0.3, -0.25) is 4.79 Å². The second-order valence-corrected chi connectivity index (χ2v) is 3.58. The monoisotopic (exact) mass is 155 g/mol. The molecule has 2 rings (SSSR count). The average molecular weight is 155 g/mol. The van der Waals surface area contributed by atoms with Crippen LogP contribution < -0.4 is 5.32 Å². The van der Waals surface area contributed by atoms with Crippen LogP contribution in [0.5, 0.6) is 0 Å². The summed E-state index contributed by atoms with van der Waals surface area (Å²) in [5.74, 6) is 0.406. The number of fused-ring (bicyclic) bond motifs is 1. The topological polar surface area (TPSA) is 49.3 Å². The van der Waals surface area contributed by atoms with Crippen LogP contribution in [0.1, 0.15) is 19.3 Å². The normalized spacial score (nSPS) is 42.4. The van der Waals surface area contributed by atoms with E-state index in [4.69, 9.17) is 5.11 Å². The minimum Gasteiger partial charge on any atom is -0.480 e. The highest BCUT2D eigenvalue weighted by atomic mass is 16.4. The van der Waals surface area contributed by atoms with Gasteiger partial charge in [-0.15, -0.1) is 0 Å². The fourth-order valence-electron chi connectivity index (χ4n) is 2.46. The molecule has 3 nitrogen and oxygen atoms in total. The molecule has 0 aromatic carbocycles. The van der Waals surface area contributed by atoms with Crippen LogP contribution in [0.3, 0.4) is 0 Å². The molecule has 1 aliphatic heterocycles. The van der Waals surface area contributed by atoms with Gasteiger partial charge < -0.3 is 10.4 Å². The molecule has 2 N–H and O–H groups in total. The molecule has 0 unspecified atom stereocenters. The predicted octanol–water partition coefficient (Wildman–Crippen LogP) is 0.459. The minimum atomic E-state index is -0.667. The van der Waals surface area contributed by atoms with Gasteiger partial charge >= 0.3 is 5.97 Å². The maximum absolute atomic E-state index is 10.7. The number of nitrogens with one attached hydrogen (secondary N) is 1. The zero-order valence-electron chi connectivity index (χ0n) is 6.42. The van der Waals surface area contributed by atoms with Gasteiger partial charge in [0.1, 0.15) is 6.04 Å². The Bertz CT molecular complexity index is 181. The summed E-state index contributed by atoms with van der Waals surface area (Å²) < 4.78 is 0. The highest BCUT2D eigenvalue weighted by Crippen LogP contribution is 2.37. The minimum absolute atomic E-state index is 0.248. The summed E-state index contributed by atoms with van der Waals surface area (Å²) >= 11 is 0. The summed E-state index contributed by atoms with van der Waals surface area (Å²) in [5.41, 5.74) is 0. The van der Waals surface area contributed by atoms with Crippen molar-refractivity contribution in [2.45, 2.75) is 25.3 Å². The van der Waals surface area contributed by atoms with Crippen molar-refractivity contribution < 1.29 is 9.90 Å². The number of carboxylic acid groups (broad SMARTS) is 1. The Kier molecular flexibility index (Phi) is 1.60. The molecule has 1 heterocycles. The molecule has 3 heteroatoms. The molecule has 2 aliphatic rings. The van der Waals surface area contributed by atoms with E-state index in [1.807, 2.05) is 0 Å². The maximum atomic E-state index is 10.7. The largest absolute Gasteiger partial charge is 0.480 e. The number of aliphatic carboxylic acids is 1. The lowest BCUT2D eigenvalue weighted by molar-refractivity contribution is -0.140. The van der Waals surface area contributed by atoms with Gasteiger partial charge in [0.2, 0.25) is 0 Å². The lowest BCUT2D eigenvalue weighted by Gasteiger charge is -2.12. The van der Waals surface area contributed by atoms with Crippen molar-refractivity contribution in [1.82, 2.24) is 5.32 Å². The number of carbonyl (C=O) groups is 1. The number of rotatable bonds is 1. The molecule has 0 bridgehead atoms. The first-order valence-corrected chi connectivity index (χ1v) is 4.25. The van der Waals surface area contributed by atoms with E-state index in [1.54, 1.807) is 0 Å². The average Bonchev–Trinajstić information content (AvgIpc) is 2.41. The van der Waals surface area contributed by atoms with E-state index in [1.165, 1.54) is 12.8 Å². The van der Waals surface area contributed by atoms with E-state index in [0.717, 1.165) is 13.0 Å². The molecule has 3 atom stereocenters. The van der Waals surface area contributed by atoms with Gasteiger partial charge in [-0.05, 0) is 31.2 Å². The van der Waals surface area contributed by atoms with E-state index in [9.17, 15) is 4.79 Å². The van der Waals surface area contributed by atoms with E-state index in [-0.39, 0.29) is 6.04 Å². The maximum Gasteiger partial charge on any atom is 0.320 e. The Morgan fingerprint density at radius 1 is 1.45 bits per heavy atom. The second kappa shape index (κ2) is 2.48. The van der Waals surface area contributed by atoms with E-state index < -0.39 is 5.97 Å². The smallest absolute Gasteiger partial charge is 0.320 e. The van der Waals surface area contributed by atoms with E-state index >= 15 is 0 Å². The fraction of sp³-hybridized carbons (Fsp3) is 0.875. The first-order valence-electron chi connectivity index (χ1n) is 4.25. The summed E-state index contributed by atoms with van der Waals surface area (Å²) in [5, 5.41) is 11.9. The Morgan fingerprint density at radius 3 is 3.00 bits per heavy atom. The Hall–Kier alpha value is -0.570. The quantitative estimate of drug-likeness (QED) is 0.578. The third-order valence-corrected chi connectivity index (χ3v) is 3.01. The van der Waals surface area contributed by atoms with Crippen molar-refractivity contribution in [3.8, 4) is 0 Å². The molecule has 11 heavy (non-hydrogen) atoms. The molecule has 0 radical (unpaired) electrons. The summed E-state index contributed by atoms with van der Waals surface area (Å²) in [6, 6.07) is -0.248. The molecule has 0 aromatic heterocycles. The van der Waals surface area contributed by atoms with Gasteiger partial charge in [0.25, 0.3) is 0 Å². The van der Waals surface area contributed by atoms with Crippen molar-refractivity contribution in [2.75, 3.05) is 6.54 Å². The third-order valence-electron chi connectivity index (χ3n) is 3.01. The summed E-state index contributed by atoms with van der Waals surface area (Å²) in [6.45, 7) is 0.918. The molecular formula is C8H13NO2. The summed E-state index contributed by atoms with van der Waals surface area (Å²) in [6.07, 6.45) is 3.55. The van der Waals surface area contributed by atoms with Gasteiger partial charge in [-0.1, -0.05) is 6.42 Å². The van der Waals surface area contributed by atoms with Gasteiger partial charge in [-0.2, -0.15) is 0 Å². The lowest BCUT2D eigenvalue weighted by Crippen LogP contribution is -2.35. The Labute approximate surface area is 65.8 Å². The first kappa shape index (κ1) is 7.10. The molecule has 1 aliphatic carbocycles. The third kappa shape index (κ3) is 1.03. The second-order valence-electron chi connectivity index (χ2n) is 3.58. The lowest BCUT2D eigenvalue weighted by atomic mass is 9.94. The zero-order valence-corrected chi connectivity index (χ0v) is 6.42. The fourth-order valence-corrected chi connectivity index (χ4v) is 2.46. The van der Waals surface area contributed by atoms with E-state index in [0.29, 0.717) is 11.8 Å².